The van der Waals surface area contributed by atoms with Crippen molar-refractivity contribution in [3.8, 4) is 0 Å². The lowest BCUT2D eigenvalue weighted by Crippen LogP contribution is -2.39. The highest BCUT2D eigenvalue weighted by molar-refractivity contribution is 14.1. The number of benzene rings is 1. The fourth-order valence-corrected chi connectivity index (χ4v) is 2.96. The minimum atomic E-state index is 0.0581. The maximum Gasteiger partial charge on any atom is 0.260 e. The zero-order chi connectivity index (χ0) is 12.3. The number of rotatable bonds is 1. The molecule has 0 fully saturated rings. The van der Waals surface area contributed by atoms with Gasteiger partial charge in [0.05, 0.1) is 5.56 Å². The molecule has 0 N–H and O–H groups in total. The van der Waals surface area contributed by atoms with Crippen LogP contribution in [0.15, 0.2) is 29.3 Å². The number of halogens is 1. The second-order valence-electron chi connectivity index (χ2n) is 3.66. The topological polar surface area (TPSA) is 32.7 Å². The smallest absolute Gasteiger partial charge is 0.260 e. The summed E-state index contributed by atoms with van der Waals surface area (Å²) in [5.41, 5.74) is 0.761. The minimum Gasteiger partial charge on any atom is -0.287 e. The maximum absolute atomic E-state index is 12.4. The highest BCUT2D eigenvalue weighted by atomic mass is 127. The van der Waals surface area contributed by atoms with Crippen LogP contribution in [-0.4, -0.2) is 35.3 Å². The molecule has 0 saturated carbocycles. The van der Waals surface area contributed by atoms with E-state index in [1.807, 2.05) is 30.5 Å². The molecule has 0 aromatic heterocycles. The van der Waals surface area contributed by atoms with Crippen LogP contribution in [0.2, 0.25) is 0 Å². The number of hydrogen-bond donors (Lipinski definition) is 0. The average Bonchev–Trinajstić information content (AvgIpc) is 2.38. The van der Waals surface area contributed by atoms with Gasteiger partial charge in [-0.1, -0.05) is 23.9 Å². The molecule has 0 radical (unpaired) electrons. The lowest BCUT2D eigenvalue weighted by Gasteiger charge is -2.26. The van der Waals surface area contributed by atoms with Gasteiger partial charge in [0.15, 0.2) is 5.17 Å². The normalized spacial score (nSPS) is 15.6. The van der Waals surface area contributed by atoms with Crippen molar-refractivity contribution in [2.24, 2.45) is 4.99 Å². The summed E-state index contributed by atoms with van der Waals surface area (Å²) in [6.45, 7) is 1.59. The molecule has 1 aliphatic heterocycles. The molecule has 0 aliphatic carbocycles. The Morgan fingerprint density at radius 2 is 2.24 bits per heavy atom. The number of carbonyl (C=O) groups is 1. The van der Waals surface area contributed by atoms with Crippen LogP contribution in [0, 0.1) is 3.57 Å². The summed E-state index contributed by atoms with van der Waals surface area (Å²) < 4.78 is 0.987. The van der Waals surface area contributed by atoms with E-state index in [9.17, 15) is 4.79 Å². The predicted octanol–water partition coefficient (Wildman–Crippen LogP) is 2.86. The number of thioether (sulfide) groups is 1. The number of hydrogen-bond acceptors (Lipinski definition) is 3. The molecule has 90 valence electrons. The molecule has 1 aromatic rings. The summed E-state index contributed by atoms with van der Waals surface area (Å²) in [4.78, 5) is 18.6. The van der Waals surface area contributed by atoms with Gasteiger partial charge in [-0.3, -0.25) is 14.7 Å². The zero-order valence-corrected chi connectivity index (χ0v) is 12.5. The van der Waals surface area contributed by atoms with Gasteiger partial charge in [0.2, 0.25) is 0 Å². The van der Waals surface area contributed by atoms with Gasteiger partial charge < -0.3 is 0 Å². The number of amides is 1. The van der Waals surface area contributed by atoms with E-state index in [2.05, 4.69) is 27.6 Å². The molecular weight excluding hydrogens is 347 g/mol. The van der Waals surface area contributed by atoms with Crippen LogP contribution in [0.5, 0.6) is 0 Å². The Morgan fingerprint density at radius 1 is 1.47 bits per heavy atom. The lowest BCUT2D eigenvalue weighted by molar-refractivity contribution is 0.0844. The van der Waals surface area contributed by atoms with Crippen molar-refractivity contribution in [1.29, 1.82) is 0 Å². The van der Waals surface area contributed by atoms with Crippen LogP contribution in [-0.2, 0) is 0 Å². The van der Waals surface area contributed by atoms with Gasteiger partial charge in [-0.25, -0.2) is 0 Å². The largest absolute Gasteiger partial charge is 0.287 e. The molecular formula is C12H13IN2OS. The quantitative estimate of drug-likeness (QED) is 0.722. The molecule has 1 amide bonds. The van der Waals surface area contributed by atoms with Crippen LogP contribution >= 0.6 is 34.4 Å². The first kappa shape index (κ1) is 12.9. The molecule has 1 heterocycles. The fraction of sp³-hybridized carbons (Fsp3) is 0.333. The second-order valence-corrected chi connectivity index (χ2v) is 5.59. The third kappa shape index (κ3) is 2.82. The summed E-state index contributed by atoms with van der Waals surface area (Å²) in [7, 11) is 0. The molecule has 17 heavy (non-hydrogen) atoms. The number of carbonyl (C=O) groups excluding carboxylic acids is 1. The van der Waals surface area contributed by atoms with Crippen molar-refractivity contribution in [1.82, 2.24) is 4.90 Å². The summed E-state index contributed by atoms with van der Waals surface area (Å²) >= 11 is 3.73. The predicted molar refractivity (Wildman–Crippen MR) is 80.6 cm³/mol. The van der Waals surface area contributed by atoms with E-state index in [0.29, 0.717) is 0 Å². The molecule has 0 bridgehead atoms. The Labute approximate surface area is 119 Å². The van der Waals surface area contributed by atoms with Crippen LogP contribution in [0.4, 0.5) is 0 Å². The Bertz CT molecular complexity index is 462. The maximum atomic E-state index is 12.4. The average molecular weight is 360 g/mol. The van der Waals surface area contributed by atoms with Gasteiger partial charge in [0.1, 0.15) is 0 Å². The Kier molecular flexibility index (Phi) is 4.44. The van der Waals surface area contributed by atoms with Gasteiger partial charge in [0.25, 0.3) is 5.91 Å². The van der Waals surface area contributed by atoms with E-state index in [-0.39, 0.29) is 5.91 Å². The van der Waals surface area contributed by atoms with E-state index in [1.165, 1.54) is 11.8 Å². The lowest BCUT2D eigenvalue weighted by atomic mass is 10.2. The van der Waals surface area contributed by atoms with Crippen LogP contribution in [0.1, 0.15) is 16.8 Å². The number of nitrogens with zero attached hydrogens (tertiary/aromatic N) is 2. The summed E-state index contributed by atoms with van der Waals surface area (Å²) in [5, 5.41) is 0.834. The monoisotopic (exact) mass is 360 g/mol. The van der Waals surface area contributed by atoms with E-state index in [4.69, 9.17) is 0 Å². The zero-order valence-electron chi connectivity index (χ0n) is 9.52. The fourth-order valence-electron chi connectivity index (χ4n) is 1.73. The van der Waals surface area contributed by atoms with E-state index < -0.39 is 0 Å². The van der Waals surface area contributed by atoms with Gasteiger partial charge >= 0.3 is 0 Å². The molecule has 0 spiro atoms. The van der Waals surface area contributed by atoms with Crippen molar-refractivity contribution in [3.63, 3.8) is 0 Å². The van der Waals surface area contributed by atoms with Gasteiger partial charge in [-0.15, -0.1) is 0 Å². The first-order valence-electron chi connectivity index (χ1n) is 5.39. The standard InChI is InChI=1S/C12H13IN2OS/c1-17-12-14-7-4-8-15(12)11(16)9-5-2-3-6-10(9)13/h2-3,5-6H,4,7-8H2,1H3. The van der Waals surface area contributed by atoms with E-state index in [0.717, 1.165) is 33.8 Å². The van der Waals surface area contributed by atoms with Crippen molar-refractivity contribution < 1.29 is 4.79 Å². The van der Waals surface area contributed by atoms with Crippen molar-refractivity contribution in [2.75, 3.05) is 19.3 Å². The van der Waals surface area contributed by atoms with Crippen molar-refractivity contribution in [2.45, 2.75) is 6.42 Å². The molecule has 1 aliphatic rings. The third-order valence-corrected chi connectivity index (χ3v) is 4.21. The molecule has 0 atom stereocenters. The Hall–Kier alpha value is -0.560. The number of aliphatic imine (C=N–C) groups is 1. The molecule has 3 nitrogen and oxygen atoms in total. The molecule has 0 unspecified atom stereocenters. The molecule has 5 heteroatoms. The third-order valence-electron chi connectivity index (χ3n) is 2.55. The van der Waals surface area contributed by atoms with Gasteiger partial charge in [-0.2, -0.15) is 0 Å². The molecule has 0 saturated heterocycles. The van der Waals surface area contributed by atoms with Crippen molar-refractivity contribution in [3.05, 3.63) is 33.4 Å². The van der Waals surface area contributed by atoms with Crippen LogP contribution in [0.25, 0.3) is 0 Å². The minimum absolute atomic E-state index is 0.0581. The Balaban J connectivity index is 2.29. The van der Waals surface area contributed by atoms with E-state index in [1.54, 1.807) is 4.90 Å². The second kappa shape index (κ2) is 5.86. The molecule has 2 rings (SSSR count). The van der Waals surface area contributed by atoms with Gasteiger partial charge in [-0.05, 0) is 47.4 Å². The first-order chi connectivity index (χ1) is 8.24. The van der Waals surface area contributed by atoms with Crippen molar-refractivity contribution >= 4 is 45.4 Å². The SMILES string of the molecule is CSC1=NCCCN1C(=O)c1ccccc1I. The number of amidine groups is 1. The summed E-state index contributed by atoms with van der Waals surface area (Å²) in [6, 6.07) is 7.66. The Morgan fingerprint density at radius 3 is 2.94 bits per heavy atom. The van der Waals surface area contributed by atoms with E-state index >= 15 is 0 Å². The van der Waals surface area contributed by atoms with Crippen LogP contribution in [0.3, 0.4) is 0 Å². The molecule has 1 aromatic carbocycles. The first-order valence-corrected chi connectivity index (χ1v) is 7.69. The summed E-state index contributed by atoms with van der Waals surface area (Å²) in [6.07, 6.45) is 2.90. The van der Waals surface area contributed by atoms with Crippen LogP contribution < -0.4 is 0 Å². The highest BCUT2D eigenvalue weighted by Gasteiger charge is 2.23. The summed E-state index contributed by atoms with van der Waals surface area (Å²) in [5.74, 6) is 0.0581. The highest BCUT2D eigenvalue weighted by Crippen LogP contribution is 2.19. The van der Waals surface area contributed by atoms with Gasteiger partial charge in [0, 0.05) is 16.7 Å².